The molecule has 1 fully saturated rings. The summed E-state index contributed by atoms with van der Waals surface area (Å²) in [6, 6.07) is -0.322. The standard InChI is InChI=1S/C7H11NO2.ClH/c1-2-8-5-3-4-6(8)7(9)10;/h2,6H,1,3-5H2,(H,9,10);1H. The number of carboxylic acids is 1. The first kappa shape index (κ1) is 10.3. The van der Waals surface area contributed by atoms with Gasteiger partial charge in [-0.15, -0.1) is 12.4 Å². The van der Waals surface area contributed by atoms with Gasteiger partial charge in [0.1, 0.15) is 6.04 Å². The first-order chi connectivity index (χ1) is 4.75. The van der Waals surface area contributed by atoms with Crippen molar-refractivity contribution in [2.45, 2.75) is 18.9 Å². The maximum Gasteiger partial charge on any atom is 0.326 e. The second kappa shape index (κ2) is 4.23. The monoisotopic (exact) mass is 177 g/mol. The Morgan fingerprint density at radius 1 is 1.73 bits per heavy atom. The van der Waals surface area contributed by atoms with Crippen LogP contribution in [0.15, 0.2) is 12.8 Å². The van der Waals surface area contributed by atoms with Crippen molar-refractivity contribution < 1.29 is 9.90 Å². The summed E-state index contributed by atoms with van der Waals surface area (Å²) in [5.41, 5.74) is 0. The molecule has 0 bridgehead atoms. The van der Waals surface area contributed by atoms with E-state index in [1.165, 1.54) is 0 Å². The van der Waals surface area contributed by atoms with Gasteiger partial charge in [0, 0.05) is 6.54 Å². The van der Waals surface area contributed by atoms with Gasteiger partial charge in [-0.2, -0.15) is 0 Å². The summed E-state index contributed by atoms with van der Waals surface area (Å²) in [7, 11) is 0. The van der Waals surface area contributed by atoms with E-state index >= 15 is 0 Å². The van der Waals surface area contributed by atoms with Crippen LogP contribution in [0.1, 0.15) is 12.8 Å². The van der Waals surface area contributed by atoms with Crippen LogP contribution in [0, 0.1) is 0 Å². The van der Waals surface area contributed by atoms with E-state index in [9.17, 15) is 4.79 Å². The Hall–Kier alpha value is -0.700. The molecule has 1 rings (SSSR count). The quantitative estimate of drug-likeness (QED) is 0.687. The molecule has 1 N–H and O–H groups in total. The normalized spacial score (nSPS) is 22.5. The van der Waals surface area contributed by atoms with E-state index in [1.54, 1.807) is 11.1 Å². The lowest BCUT2D eigenvalue weighted by Gasteiger charge is -2.17. The van der Waals surface area contributed by atoms with Gasteiger partial charge in [-0.05, 0) is 19.0 Å². The zero-order valence-corrected chi connectivity index (χ0v) is 7.01. The zero-order chi connectivity index (χ0) is 7.56. The molecule has 1 unspecified atom stereocenters. The van der Waals surface area contributed by atoms with Crippen molar-refractivity contribution in [3.63, 3.8) is 0 Å². The summed E-state index contributed by atoms with van der Waals surface area (Å²) in [6.45, 7) is 4.37. The molecular formula is C7H12ClNO2. The third-order valence-electron chi connectivity index (χ3n) is 1.81. The highest BCUT2D eigenvalue weighted by Crippen LogP contribution is 2.16. The van der Waals surface area contributed by atoms with Crippen LogP contribution >= 0.6 is 12.4 Å². The summed E-state index contributed by atoms with van der Waals surface area (Å²) in [4.78, 5) is 12.2. The smallest absolute Gasteiger partial charge is 0.326 e. The largest absolute Gasteiger partial charge is 0.480 e. The number of carboxylic acid groups (broad SMARTS) is 1. The second-order valence-electron chi connectivity index (χ2n) is 2.42. The van der Waals surface area contributed by atoms with Crippen LogP contribution in [0.25, 0.3) is 0 Å². The Balaban J connectivity index is 0.000001000. The van der Waals surface area contributed by atoms with E-state index in [2.05, 4.69) is 6.58 Å². The van der Waals surface area contributed by atoms with E-state index in [-0.39, 0.29) is 18.4 Å². The van der Waals surface area contributed by atoms with Crippen molar-refractivity contribution in [3.8, 4) is 0 Å². The molecule has 0 aromatic rings. The molecule has 1 aliphatic rings. The summed E-state index contributed by atoms with van der Waals surface area (Å²) in [5, 5.41) is 8.63. The second-order valence-corrected chi connectivity index (χ2v) is 2.42. The Morgan fingerprint density at radius 3 is 2.73 bits per heavy atom. The lowest BCUT2D eigenvalue weighted by molar-refractivity contribution is -0.141. The molecule has 3 nitrogen and oxygen atoms in total. The summed E-state index contributed by atoms with van der Waals surface area (Å²) in [5.74, 6) is -0.739. The third kappa shape index (κ3) is 2.12. The SMILES string of the molecule is C=CN1CCCC1C(=O)O.Cl. The molecule has 0 aliphatic carbocycles. The number of likely N-dealkylation sites (tertiary alicyclic amines) is 1. The van der Waals surface area contributed by atoms with Gasteiger partial charge in [-0.25, -0.2) is 4.79 Å². The van der Waals surface area contributed by atoms with Gasteiger partial charge < -0.3 is 10.0 Å². The van der Waals surface area contributed by atoms with Crippen molar-refractivity contribution in [2.75, 3.05) is 6.54 Å². The van der Waals surface area contributed by atoms with Crippen LogP contribution in [0.3, 0.4) is 0 Å². The lowest BCUT2D eigenvalue weighted by atomic mass is 10.2. The number of hydrogen-bond acceptors (Lipinski definition) is 2. The molecule has 4 heteroatoms. The van der Waals surface area contributed by atoms with Crippen LogP contribution in [0.4, 0.5) is 0 Å². The molecule has 1 heterocycles. The van der Waals surface area contributed by atoms with Gasteiger partial charge in [0.05, 0.1) is 0 Å². The van der Waals surface area contributed by atoms with E-state index < -0.39 is 5.97 Å². The van der Waals surface area contributed by atoms with Crippen LogP contribution in [0.5, 0.6) is 0 Å². The molecule has 0 aromatic carbocycles. The molecule has 64 valence electrons. The summed E-state index contributed by atoms with van der Waals surface area (Å²) >= 11 is 0. The van der Waals surface area contributed by atoms with Gasteiger partial charge in [0.2, 0.25) is 0 Å². The third-order valence-corrected chi connectivity index (χ3v) is 1.81. The number of halogens is 1. The Kier molecular flexibility index (Phi) is 3.97. The van der Waals surface area contributed by atoms with Gasteiger partial charge >= 0.3 is 5.97 Å². The number of carbonyl (C=O) groups is 1. The molecular weight excluding hydrogens is 166 g/mol. The minimum absolute atomic E-state index is 0. The van der Waals surface area contributed by atoms with Crippen LogP contribution in [-0.4, -0.2) is 28.6 Å². The first-order valence-electron chi connectivity index (χ1n) is 3.37. The number of rotatable bonds is 2. The fraction of sp³-hybridized carbons (Fsp3) is 0.571. The molecule has 11 heavy (non-hydrogen) atoms. The molecule has 0 radical (unpaired) electrons. The Labute approximate surface area is 72.1 Å². The molecule has 1 aliphatic heterocycles. The Bertz CT molecular complexity index is 161. The first-order valence-corrected chi connectivity index (χ1v) is 3.37. The minimum Gasteiger partial charge on any atom is -0.480 e. The van der Waals surface area contributed by atoms with Crippen LogP contribution in [-0.2, 0) is 4.79 Å². The maximum atomic E-state index is 10.5. The highest BCUT2D eigenvalue weighted by Gasteiger charge is 2.27. The van der Waals surface area contributed by atoms with Crippen molar-refractivity contribution >= 4 is 18.4 Å². The highest BCUT2D eigenvalue weighted by atomic mass is 35.5. The summed E-state index contributed by atoms with van der Waals surface area (Å²) < 4.78 is 0. The molecule has 0 saturated carbocycles. The predicted molar refractivity (Wildman–Crippen MR) is 44.8 cm³/mol. The number of nitrogens with zero attached hydrogens (tertiary/aromatic N) is 1. The molecule has 1 atom stereocenters. The predicted octanol–water partition coefficient (Wildman–Crippen LogP) is 1.10. The minimum atomic E-state index is -0.739. The number of aliphatic carboxylic acids is 1. The summed E-state index contributed by atoms with van der Waals surface area (Å²) in [6.07, 6.45) is 3.32. The van der Waals surface area contributed by atoms with Crippen molar-refractivity contribution in [1.29, 1.82) is 0 Å². The maximum absolute atomic E-state index is 10.5. The van der Waals surface area contributed by atoms with E-state index in [0.717, 1.165) is 19.4 Å². The van der Waals surface area contributed by atoms with Gasteiger partial charge in [0.25, 0.3) is 0 Å². The van der Waals surface area contributed by atoms with Crippen molar-refractivity contribution in [2.24, 2.45) is 0 Å². The zero-order valence-electron chi connectivity index (χ0n) is 6.19. The van der Waals surface area contributed by atoms with Gasteiger partial charge in [-0.3, -0.25) is 0 Å². The molecule has 0 spiro atoms. The average Bonchev–Trinajstić information content (AvgIpc) is 2.33. The van der Waals surface area contributed by atoms with Gasteiger partial charge in [-0.1, -0.05) is 6.58 Å². The Morgan fingerprint density at radius 2 is 2.36 bits per heavy atom. The molecule has 1 saturated heterocycles. The van der Waals surface area contributed by atoms with Crippen LogP contribution < -0.4 is 0 Å². The van der Waals surface area contributed by atoms with Crippen molar-refractivity contribution in [3.05, 3.63) is 12.8 Å². The topological polar surface area (TPSA) is 40.5 Å². The van der Waals surface area contributed by atoms with Gasteiger partial charge in [0.15, 0.2) is 0 Å². The molecule has 0 amide bonds. The van der Waals surface area contributed by atoms with E-state index in [4.69, 9.17) is 5.11 Å². The van der Waals surface area contributed by atoms with Crippen molar-refractivity contribution in [1.82, 2.24) is 4.90 Å². The average molecular weight is 178 g/mol. The number of hydrogen-bond donors (Lipinski definition) is 1. The fourth-order valence-electron chi connectivity index (χ4n) is 1.27. The fourth-order valence-corrected chi connectivity index (χ4v) is 1.27. The van der Waals surface area contributed by atoms with E-state index in [1.807, 2.05) is 0 Å². The van der Waals surface area contributed by atoms with Crippen LogP contribution in [0.2, 0.25) is 0 Å². The molecule has 0 aromatic heterocycles. The highest BCUT2D eigenvalue weighted by molar-refractivity contribution is 5.85. The lowest BCUT2D eigenvalue weighted by Crippen LogP contribution is -2.31. The van der Waals surface area contributed by atoms with E-state index in [0.29, 0.717) is 0 Å².